The van der Waals surface area contributed by atoms with Crippen molar-refractivity contribution in [3.05, 3.63) is 20.5 Å². The second-order valence-electron chi connectivity index (χ2n) is 3.94. The molecule has 112 valence electrons. The van der Waals surface area contributed by atoms with Gasteiger partial charge in [-0.3, -0.25) is 14.9 Å². The van der Waals surface area contributed by atoms with Crippen molar-refractivity contribution >= 4 is 44.6 Å². The number of rotatable bonds is 7. The Hall–Kier alpha value is -1.23. The van der Waals surface area contributed by atoms with Gasteiger partial charge in [0.25, 0.3) is 15.7 Å². The van der Waals surface area contributed by atoms with Crippen LogP contribution in [0.5, 0.6) is 0 Å². The maximum absolute atomic E-state index is 11.9. The van der Waals surface area contributed by atoms with E-state index in [9.17, 15) is 23.3 Å². The van der Waals surface area contributed by atoms with Crippen LogP contribution in [0.2, 0.25) is 4.34 Å². The Kier molecular flexibility index (Phi) is 5.45. The molecule has 8 nitrogen and oxygen atoms in total. The minimum Gasteiger partial charge on any atom is -0.481 e. The van der Waals surface area contributed by atoms with Crippen LogP contribution in [0.15, 0.2) is 10.3 Å². The van der Waals surface area contributed by atoms with E-state index >= 15 is 0 Å². The highest BCUT2D eigenvalue weighted by atomic mass is 35.5. The van der Waals surface area contributed by atoms with Gasteiger partial charge in [0.05, 0.1) is 4.92 Å². The van der Waals surface area contributed by atoms with Crippen molar-refractivity contribution in [2.24, 2.45) is 0 Å². The molecule has 1 atom stereocenters. The summed E-state index contributed by atoms with van der Waals surface area (Å²) in [6, 6.07) is 0.259. The van der Waals surface area contributed by atoms with Crippen LogP contribution >= 0.6 is 22.9 Å². The van der Waals surface area contributed by atoms with Gasteiger partial charge in [-0.15, -0.1) is 11.3 Å². The van der Waals surface area contributed by atoms with Crippen molar-refractivity contribution < 1.29 is 23.2 Å². The van der Waals surface area contributed by atoms with Crippen LogP contribution in [0, 0.1) is 10.1 Å². The maximum Gasteiger partial charge on any atom is 0.303 e. The Labute approximate surface area is 123 Å². The number of nitrogens with one attached hydrogen (secondary N) is 1. The number of carboxylic acid groups (broad SMARTS) is 1. The van der Waals surface area contributed by atoms with E-state index in [2.05, 4.69) is 4.72 Å². The first-order valence-corrected chi connectivity index (χ1v) is 7.99. The zero-order chi connectivity index (χ0) is 15.5. The van der Waals surface area contributed by atoms with E-state index in [1.54, 1.807) is 0 Å². The van der Waals surface area contributed by atoms with Crippen molar-refractivity contribution in [3.8, 4) is 0 Å². The third-order valence-corrected chi connectivity index (χ3v) is 5.66. The lowest BCUT2D eigenvalue weighted by Crippen LogP contribution is -2.32. The fourth-order valence-electron chi connectivity index (χ4n) is 1.32. The molecule has 0 aliphatic heterocycles. The molecule has 0 aromatic carbocycles. The smallest absolute Gasteiger partial charge is 0.303 e. The largest absolute Gasteiger partial charge is 0.481 e. The summed E-state index contributed by atoms with van der Waals surface area (Å²) in [4.78, 5) is 20.2. The summed E-state index contributed by atoms with van der Waals surface area (Å²) in [6.45, 7) is 1.50. The zero-order valence-electron chi connectivity index (χ0n) is 10.2. The van der Waals surface area contributed by atoms with Gasteiger partial charge in [-0.2, -0.15) is 0 Å². The Morgan fingerprint density at radius 2 is 2.25 bits per heavy atom. The number of carboxylic acids is 1. The summed E-state index contributed by atoms with van der Waals surface area (Å²) in [5, 5.41) is 19.1. The number of carbonyl (C=O) groups is 1. The van der Waals surface area contributed by atoms with Crippen LogP contribution in [0.4, 0.5) is 5.69 Å². The zero-order valence-corrected chi connectivity index (χ0v) is 12.6. The number of nitrogens with zero attached hydrogens (tertiary/aromatic N) is 1. The second kappa shape index (κ2) is 6.48. The molecular formula is C9H11ClN2O6S2. The fraction of sp³-hybridized carbons (Fsp3) is 0.444. The third-order valence-electron chi connectivity index (χ3n) is 2.26. The first kappa shape index (κ1) is 16.8. The summed E-state index contributed by atoms with van der Waals surface area (Å²) >= 11 is 6.17. The number of nitro groups is 1. The normalized spacial score (nSPS) is 13.1. The van der Waals surface area contributed by atoms with Gasteiger partial charge in [0.2, 0.25) is 0 Å². The molecule has 2 N–H and O–H groups in total. The van der Waals surface area contributed by atoms with Gasteiger partial charge in [-0.05, 0) is 13.3 Å². The van der Waals surface area contributed by atoms with Crippen LogP contribution in [0.1, 0.15) is 19.8 Å². The topological polar surface area (TPSA) is 127 Å². The molecule has 0 saturated carbocycles. The first-order valence-electron chi connectivity index (χ1n) is 5.31. The SMILES string of the molecule is CC(CCC(=O)O)NS(=O)(=O)c1cc([N+](=O)[O-])c(Cl)s1. The highest BCUT2D eigenvalue weighted by molar-refractivity contribution is 7.91. The van der Waals surface area contributed by atoms with E-state index in [0.29, 0.717) is 11.3 Å². The molecule has 0 fully saturated rings. The average Bonchev–Trinajstić information content (AvgIpc) is 2.69. The number of thiophene rings is 1. The lowest BCUT2D eigenvalue weighted by Gasteiger charge is -2.11. The molecule has 1 aromatic heterocycles. The van der Waals surface area contributed by atoms with E-state index in [0.717, 1.165) is 6.07 Å². The van der Waals surface area contributed by atoms with Gasteiger partial charge in [0, 0.05) is 18.5 Å². The molecule has 1 heterocycles. The quantitative estimate of drug-likeness (QED) is 0.575. The van der Waals surface area contributed by atoms with Crippen molar-refractivity contribution in [1.82, 2.24) is 4.72 Å². The second-order valence-corrected chi connectivity index (χ2v) is 7.53. The predicted molar refractivity (Wildman–Crippen MR) is 72.6 cm³/mol. The summed E-state index contributed by atoms with van der Waals surface area (Å²) in [6.07, 6.45) is -0.0786. The van der Waals surface area contributed by atoms with Crippen LogP contribution in [0.25, 0.3) is 0 Å². The molecule has 11 heteroatoms. The molecule has 0 spiro atoms. The van der Waals surface area contributed by atoms with Gasteiger partial charge in [-0.1, -0.05) is 11.6 Å². The standard InChI is InChI=1S/C9H11ClN2O6S2/c1-5(2-3-7(13)14)11-20(17,18)8-4-6(12(15)16)9(10)19-8/h4-5,11H,2-3H2,1H3,(H,13,14). The first-order chi connectivity index (χ1) is 9.13. The average molecular weight is 343 g/mol. The summed E-state index contributed by atoms with van der Waals surface area (Å²) in [5.74, 6) is -1.04. The van der Waals surface area contributed by atoms with E-state index < -0.39 is 32.6 Å². The third kappa shape index (κ3) is 4.40. The molecule has 1 aromatic rings. The van der Waals surface area contributed by atoms with Crippen molar-refractivity contribution in [2.45, 2.75) is 30.0 Å². The summed E-state index contributed by atoms with van der Waals surface area (Å²) < 4.78 is 25.6. The summed E-state index contributed by atoms with van der Waals surface area (Å²) in [5.41, 5.74) is -0.477. The van der Waals surface area contributed by atoms with Crippen LogP contribution in [0.3, 0.4) is 0 Å². The van der Waals surface area contributed by atoms with Crippen LogP contribution < -0.4 is 4.72 Å². The Morgan fingerprint density at radius 3 is 2.70 bits per heavy atom. The molecule has 0 amide bonds. The monoisotopic (exact) mass is 342 g/mol. The Balaban J connectivity index is 2.86. The van der Waals surface area contributed by atoms with Crippen LogP contribution in [-0.2, 0) is 14.8 Å². The van der Waals surface area contributed by atoms with Crippen LogP contribution in [-0.4, -0.2) is 30.5 Å². The fourth-order valence-corrected chi connectivity index (χ4v) is 4.28. The maximum atomic E-state index is 11.9. The summed E-state index contributed by atoms with van der Waals surface area (Å²) in [7, 11) is -3.96. The Bertz CT molecular complexity index is 626. The lowest BCUT2D eigenvalue weighted by atomic mass is 10.2. The van der Waals surface area contributed by atoms with E-state index in [-0.39, 0.29) is 21.4 Å². The lowest BCUT2D eigenvalue weighted by molar-refractivity contribution is -0.384. The van der Waals surface area contributed by atoms with E-state index in [4.69, 9.17) is 16.7 Å². The molecular weight excluding hydrogens is 332 g/mol. The number of aliphatic carboxylic acids is 1. The highest BCUT2D eigenvalue weighted by Crippen LogP contribution is 2.36. The van der Waals surface area contributed by atoms with Gasteiger partial charge in [0.1, 0.15) is 4.21 Å². The molecule has 0 aliphatic rings. The number of sulfonamides is 1. The molecule has 20 heavy (non-hydrogen) atoms. The van der Waals surface area contributed by atoms with E-state index in [1.165, 1.54) is 6.92 Å². The number of hydrogen-bond acceptors (Lipinski definition) is 6. The van der Waals surface area contributed by atoms with Crippen molar-refractivity contribution in [3.63, 3.8) is 0 Å². The van der Waals surface area contributed by atoms with Gasteiger partial charge >= 0.3 is 5.97 Å². The Morgan fingerprint density at radius 1 is 1.65 bits per heavy atom. The minimum atomic E-state index is -3.96. The van der Waals surface area contributed by atoms with Gasteiger partial charge in [0.15, 0.2) is 4.34 Å². The molecule has 0 aliphatic carbocycles. The number of halogens is 1. The highest BCUT2D eigenvalue weighted by Gasteiger charge is 2.26. The number of hydrogen-bond donors (Lipinski definition) is 2. The van der Waals surface area contributed by atoms with E-state index in [1.807, 2.05) is 0 Å². The minimum absolute atomic E-state index is 0.107. The molecule has 0 bridgehead atoms. The van der Waals surface area contributed by atoms with Crippen molar-refractivity contribution in [1.29, 1.82) is 0 Å². The van der Waals surface area contributed by atoms with Gasteiger partial charge in [-0.25, -0.2) is 13.1 Å². The predicted octanol–water partition coefficient (Wildman–Crippen LogP) is 1.84. The molecule has 1 unspecified atom stereocenters. The molecule has 1 rings (SSSR count). The molecule has 0 saturated heterocycles. The van der Waals surface area contributed by atoms with Crippen molar-refractivity contribution in [2.75, 3.05) is 0 Å². The van der Waals surface area contributed by atoms with Gasteiger partial charge < -0.3 is 5.11 Å². The molecule has 0 radical (unpaired) electrons.